The maximum absolute atomic E-state index is 4.30. The van der Waals surface area contributed by atoms with Gasteiger partial charge in [0.15, 0.2) is 0 Å². The van der Waals surface area contributed by atoms with Gasteiger partial charge in [-0.25, -0.2) is 4.98 Å². The summed E-state index contributed by atoms with van der Waals surface area (Å²) in [5.74, 6) is 0. The van der Waals surface area contributed by atoms with E-state index >= 15 is 0 Å². The quantitative estimate of drug-likeness (QED) is 0.884. The predicted octanol–water partition coefficient (Wildman–Crippen LogP) is 2.80. The minimum absolute atomic E-state index is 0.583. The molecule has 1 aliphatic rings. The van der Waals surface area contributed by atoms with E-state index in [9.17, 15) is 0 Å². The highest BCUT2D eigenvalue weighted by Gasteiger charge is 2.16. The molecule has 4 heteroatoms. The van der Waals surface area contributed by atoms with Crippen molar-refractivity contribution in [1.29, 1.82) is 0 Å². The molecule has 1 aliphatic heterocycles. The highest BCUT2D eigenvalue weighted by atomic mass is 32.1. The largest absolute Gasteiger partial charge is 0.381 e. The molecule has 90 valence electrons. The standard InChI is InChI=1S/C13H17N3S/c1-16-6-2-3-11(8-16)15-10-4-5-12-13(7-10)17-9-14-12/h4-5,7,9,11,15H,2-3,6,8H2,1H3. The van der Waals surface area contributed by atoms with Crippen molar-refractivity contribution in [3.8, 4) is 0 Å². The average molecular weight is 247 g/mol. The van der Waals surface area contributed by atoms with E-state index in [4.69, 9.17) is 0 Å². The summed E-state index contributed by atoms with van der Waals surface area (Å²) in [4.78, 5) is 6.70. The van der Waals surface area contributed by atoms with Gasteiger partial charge in [-0.05, 0) is 44.6 Å². The lowest BCUT2D eigenvalue weighted by atomic mass is 10.1. The summed E-state index contributed by atoms with van der Waals surface area (Å²) in [5.41, 5.74) is 4.23. The second kappa shape index (κ2) is 4.63. The van der Waals surface area contributed by atoms with Crippen LogP contribution >= 0.6 is 11.3 Å². The molecule has 0 bridgehead atoms. The second-order valence-corrected chi connectivity index (χ2v) is 5.67. The molecule has 17 heavy (non-hydrogen) atoms. The summed E-state index contributed by atoms with van der Waals surface area (Å²) in [6, 6.07) is 7.03. The number of fused-ring (bicyclic) bond motifs is 1. The van der Waals surface area contributed by atoms with Crippen molar-refractivity contribution in [2.75, 3.05) is 25.5 Å². The molecule has 2 heterocycles. The number of hydrogen-bond donors (Lipinski definition) is 1. The van der Waals surface area contributed by atoms with Crippen LogP contribution in [0.2, 0.25) is 0 Å². The van der Waals surface area contributed by atoms with Crippen molar-refractivity contribution >= 4 is 27.2 Å². The monoisotopic (exact) mass is 247 g/mol. The van der Waals surface area contributed by atoms with E-state index in [-0.39, 0.29) is 0 Å². The number of likely N-dealkylation sites (N-methyl/N-ethyl adjacent to an activating group) is 1. The Labute approximate surface area is 105 Å². The number of nitrogens with zero attached hydrogens (tertiary/aromatic N) is 2. The molecule has 1 aromatic carbocycles. The van der Waals surface area contributed by atoms with Crippen molar-refractivity contribution in [3.05, 3.63) is 23.7 Å². The molecule has 1 fully saturated rings. The summed E-state index contributed by atoms with van der Waals surface area (Å²) in [7, 11) is 2.19. The fourth-order valence-electron chi connectivity index (χ4n) is 2.46. The lowest BCUT2D eigenvalue weighted by molar-refractivity contribution is 0.261. The first-order valence-corrected chi connectivity index (χ1v) is 6.97. The van der Waals surface area contributed by atoms with Crippen molar-refractivity contribution < 1.29 is 0 Å². The molecule has 3 nitrogen and oxygen atoms in total. The van der Waals surface area contributed by atoms with Crippen LogP contribution in [0, 0.1) is 0 Å². The smallest absolute Gasteiger partial charge is 0.0813 e. The third kappa shape index (κ3) is 2.42. The number of thiazole rings is 1. The molecule has 1 unspecified atom stereocenters. The maximum atomic E-state index is 4.30. The molecule has 1 saturated heterocycles. The number of hydrogen-bond acceptors (Lipinski definition) is 4. The number of piperidine rings is 1. The molecule has 3 rings (SSSR count). The van der Waals surface area contributed by atoms with Crippen molar-refractivity contribution in [2.45, 2.75) is 18.9 Å². The molecule has 0 aliphatic carbocycles. The van der Waals surface area contributed by atoms with Crippen LogP contribution in [-0.2, 0) is 0 Å². The number of likely N-dealkylation sites (tertiary alicyclic amines) is 1. The SMILES string of the molecule is CN1CCCC(Nc2ccc3ncsc3c2)C1. The molecule has 1 N–H and O–H groups in total. The van der Waals surface area contributed by atoms with Gasteiger partial charge in [0.1, 0.15) is 0 Å². The molecular formula is C13H17N3S. The van der Waals surface area contributed by atoms with Gasteiger partial charge in [-0.2, -0.15) is 0 Å². The normalized spacial score (nSPS) is 21.8. The number of nitrogens with one attached hydrogen (secondary N) is 1. The summed E-state index contributed by atoms with van der Waals surface area (Å²) >= 11 is 1.70. The van der Waals surface area contributed by atoms with Crippen molar-refractivity contribution in [1.82, 2.24) is 9.88 Å². The summed E-state index contributed by atoms with van der Waals surface area (Å²) in [6.07, 6.45) is 2.56. The van der Waals surface area contributed by atoms with E-state index in [1.54, 1.807) is 11.3 Å². The topological polar surface area (TPSA) is 28.2 Å². The van der Waals surface area contributed by atoms with Gasteiger partial charge < -0.3 is 10.2 Å². The van der Waals surface area contributed by atoms with E-state index in [0.717, 1.165) is 12.1 Å². The third-order valence-corrected chi connectivity index (χ3v) is 4.12. The van der Waals surface area contributed by atoms with E-state index in [1.165, 1.54) is 29.8 Å². The van der Waals surface area contributed by atoms with Crippen LogP contribution in [0.3, 0.4) is 0 Å². The third-order valence-electron chi connectivity index (χ3n) is 3.33. The lowest BCUT2D eigenvalue weighted by Crippen LogP contribution is -2.39. The Morgan fingerprint density at radius 3 is 3.29 bits per heavy atom. The molecule has 0 amide bonds. The minimum atomic E-state index is 0.583. The molecular weight excluding hydrogens is 230 g/mol. The predicted molar refractivity (Wildman–Crippen MR) is 73.8 cm³/mol. The number of aromatic nitrogens is 1. The fraction of sp³-hybridized carbons (Fsp3) is 0.462. The van der Waals surface area contributed by atoms with E-state index in [1.807, 2.05) is 5.51 Å². The highest BCUT2D eigenvalue weighted by Crippen LogP contribution is 2.23. The highest BCUT2D eigenvalue weighted by molar-refractivity contribution is 7.16. The van der Waals surface area contributed by atoms with Crippen LogP contribution in [0.5, 0.6) is 0 Å². The van der Waals surface area contributed by atoms with Gasteiger partial charge in [0.05, 0.1) is 15.7 Å². The van der Waals surface area contributed by atoms with Gasteiger partial charge in [0.25, 0.3) is 0 Å². The Morgan fingerprint density at radius 1 is 1.47 bits per heavy atom. The average Bonchev–Trinajstić information content (AvgIpc) is 2.76. The van der Waals surface area contributed by atoms with Gasteiger partial charge in [-0.15, -0.1) is 11.3 Å². The van der Waals surface area contributed by atoms with Crippen molar-refractivity contribution in [3.63, 3.8) is 0 Å². The van der Waals surface area contributed by atoms with Crippen LogP contribution < -0.4 is 5.32 Å². The Bertz CT molecular complexity index is 508. The van der Waals surface area contributed by atoms with Crippen molar-refractivity contribution in [2.24, 2.45) is 0 Å². The zero-order valence-electron chi connectivity index (χ0n) is 10.0. The summed E-state index contributed by atoms with van der Waals surface area (Å²) < 4.78 is 1.26. The minimum Gasteiger partial charge on any atom is -0.381 e. The first-order valence-electron chi connectivity index (χ1n) is 6.09. The van der Waals surface area contributed by atoms with Crippen LogP contribution in [0.15, 0.2) is 23.7 Å². The van der Waals surface area contributed by atoms with Gasteiger partial charge in [0, 0.05) is 18.3 Å². The number of rotatable bonds is 2. The fourth-order valence-corrected chi connectivity index (χ4v) is 3.18. The first-order chi connectivity index (χ1) is 8.31. The summed E-state index contributed by atoms with van der Waals surface area (Å²) in [5, 5.41) is 3.63. The molecule has 0 saturated carbocycles. The first kappa shape index (κ1) is 11.0. The Hall–Kier alpha value is -1.13. The van der Waals surface area contributed by atoms with E-state index in [0.29, 0.717) is 6.04 Å². The Kier molecular flexibility index (Phi) is 2.99. The van der Waals surface area contributed by atoms with E-state index < -0.39 is 0 Å². The second-order valence-electron chi connectivity index (χ2n) is 4.78. The zero-order chi connectivity index (χ0) is 11.7. The van der Waals surface area contributed by atoms with Crippen LogP contribution in [0.25, 0.3) is 10.2 Å². The molecule has 0 spiro atoms. The maximum Gasteiger partial charge on any atom is 0.0813 e. The molecule has 0 radical (unpaired) electrons. The number of benzene rings is 1. The number of anilines is 1. The molecule has 1 atom stereocenters. The van der Waals surface area contributed by atoms with Gasteiger partial charge >= 0.3 is 0 Å². The zero-order valence-corrected chi connectivity index (χ0v) is 10.8. The Morgan fingerprint density at radius 2 is 2.41 bits per heavy atom. The van der Waals surface area contributed by atoms with Gasteiger partial charge in [-0.1, -0.05) is 0 Å². The molecule has 1 aromatic heterocycles. The van der Waals surface area contributed by atoms with Crippen LogP contribution in [0.4, 0.5) is 5.69 Å². The Balaban J connectivity index is 1.75. The van der Waals surface area contributed by atoms with Crippen LogP contribution in [-0.4, -0.2) is 36.1 Å². The molecule has 2 aromatic rings. The van der Waals surface area contributed by atoms with E-state index in [2.05, 4.69) is 40.4 Å². The lowest BCUT2D eigenvalue weighted by Gasteiger charge is -2.30. The van der Waals surface area contributed by atoms with Crippen LogP contribution in [0.1, 0.15) is 12.8 Å². The van der Waals surface area contributed by atoms with Gasteiger partial charge in [0.2, 0.25) is 0 Å². The summed E-state index contributed by atoms with van der Waals surface area (Å²) in [6.45, 7) is 2.37. The van der Waals surface area contributed by atoms with Gasteiger partial charge in [-0.3, -0.25) is 0 Å².